The quantitative estimate of drug-likeness (QED) is 0.592. The van der Waals surface area contributed by atoms with E-state index in [1.54, 1.807) is 24.3 Å². The van der Waals surface area contributed by atoms with Crippen molar-refractivity contribution in [3.05, 3.63) is 68.8 Å². The molecule has 2 aromatic rings. The van der Waals surface area contributed by atoms with Gasteiger partial charge in [-0.15, -0.1) is 0 Å². The minimum absolute atomic E-state index is 0.211. The van der Waals surface area contributed by atoms with E-state index in [4.69, 9.17) is 0 Å². The second kappa shape index (κ2) is 5.01. The highest BCUT2D eigenvalue weighted by molar-refractivity contribution is 14.1. The maximum absolute atomic E-state index is 12.4. The Kier molecular flexibility index (Phi) is 3.33. The fourth-order valence-electron chi connectivity index (χ4n) is 2.45. The molecule has 2 amide bonds. The van der Waals surface area contributed by atoms with Crippen molar-refractivity contribution in [2.75, 3.05) is 0 Å². The molecule has 0 saturated carbocycles. The molecule has 0 N–H and O–H groups in total. The Morgan fingerprint density at radius 3 is 1.90 bits per heavy atom. The molecule has 3 nitrogen and oxygen atoms in total. The summed E-state index contributed by atoms with van der Waals surface area (Å²) in [5.41, 5.74) is 1.95. The molecule has 0 bridgehead atoms. The number of halogens is 1. The van der Waals surface area contributed by atoms with Crippen LogP contribution in [0.3, 0.4) is 0 Å². The second-order valence-corrected chi connectivity index (χ2v) is 6.00. The van der Waals surface area contributed by atoms with Gasteiger partial charge in [0.05, 0.1) is 17.2 Å². The Balaban J connectivity index is 1.98. The molecule has 0 saturated heterocycles. The fourth-order valence-corrected chi connectivity index (χ4v) is 2.81. The maximum atomic E-state index is 12.4. The molecule has 0 aliphatic carbocycles. The third kappa shape index (κ3) is 2.04. The number of imide groups is 1. The molecule has 0 aromatic heterocycles. The van der Waals surface area contributed by atoms with Crippen LogP contribution in [-0.4, -0.2) is 16.7 Å². The first-order chi connectivity index (χ1) is 9.59. The molecule has 1 atom stereocenters. The van der Waals surface area contributed by atoms with Crippen molar-refractivity contribution in [3.63, 3.8) is 0 Å². The van der Waals surface area contributed by atoms with Crippen molar-refractivity contribution in [3.8, 4) is 0 Å². The second-order valence-electron chi connectivity index (χ2n) is 4.75. The van der Waals surface area contributed by atoms with Gasteiger partial charge in [-0.25, -0.2) is 0 Å². The van der Waals surface area contributed by atoms with E-state index in [-0.39, 0.29) is 17.9 Å². The molecule has 3 rings (SSSR count). The fraction of sp³-hybridized carbons (Fsp3) is 0.125. The van der Waals surface area contributed by atoms with E-state index in [0.717, 1.165) is 9.13 Å². The molecule has 0 fully saturated rings. The van der Waals surface area contributed by atoms with Crippen LogP contribution in [0.15, 0.2) is 48.5 Å². The van der Waals surface area contributed by atoms with E-state index in [1.165, 1.54) is 4.90 Å². The maximum Gasteiger partial charge on any atom is 0.262 e. The van der Waals surface area contributed by atoms with Crippen molar-refractivity contribution in [1.82, 2.24) is 4.90 Å². The Bertz CT molecular complexity index is 659. The summed E-state index contributed by atoms with van der Waals surface area (Å²) >= 11 is 2.23. The first-order valence-electron chi connectivity index (χ1n) is 6.32. The number of amides is 2. The van der Waals surface area contributed by atoms with Gasteiger partial charge >= 0.3 is 0 Å². The van der Waals surface area contributed by atoms with Crippen LogP contribution in [0.1, 0.15) is 39.2 Å². The van der Waals surface area contributed by atoms with Gasteiger partial charge in [0.2, 0.25) is 0 Å². The molecule has 0 unspecified atom stereocenters. The van der Waals surface area contributed by atoms with Crippen LogP contribution >= 0.6 is 22.6 Å². The zero-order valence-electron chi connectivity index (χ0n) is 10.8. The zero-order valence-corrected chi connectivity index (χ0v) is 13.0. The summed E-state index contributed by atoms with van der Waals surface area (Å²) in [5.74, 6) is -0.423. The first kappa shape index (κ1) is 13.3. The number of benzene rings is 2. The van der Waals surface area contributed by atoms with Crippen LogP contribution in [0.25, 0.3) is 0 Å². The standard InChI is InChI=1S/C16H12INO2/c1-10(11-6-8-12(17)9-7-11)18-15(19)13-4-2-3-5-14(13)16(18)20/h2-10H,1H3/t10-/m1/s1. The van der Waals surface area contributed by atoms with Gasteiger partial charge in [0.25, 0.3) is 11.8 Å². The summed E-state index contributed by atoms with van der Waals surface area (Å²) < 4.78 is 1.13. The third-order valence-electron chi connectivity index (χ3n) is 3.57. The molecule has 1 heterocycles. The van der Waals surface area contributed by atoms with Crippen molar-refractivity contribution in [1.29, 1.82) is 0 Å². The van der Waals surface area contributed by atoms with Gasteiger partial charge < -0.3 is 0 Å². The highest BCUT2D eigenvalue weighted by Gasteiger charge is 2.38. The largest absolute Gasteiger partial charge is 0.269 e. The number of carbonyl (C=O) groups excluding carboxylic acids is 2. The molecule has 0 radical (unpaired) electrons. The third-order valence-corrected chi connectivity index (χ3v) is 4.28. The van der Waals surface area contributed by atoms with Gasteiger partial charge in [0.1, 0.15) is 0 Å². The highest BCUT2D eigenvalue weighted by atomic mass is 127. The van der Waals surface area contributed by atoms with E-state index in [1.807, 2.05) is 31.2 Å². The lowest BCUT2D eigenvalue weighted by Gasteiger charge is -2.22. The molecular weight excluding hydrogens is 365 g/mol. The Morgan fingerprint density at radius 1 is 0.900 bits per heavy atom. The van der Waals surface area contributed by atoms with Crippen molar-refractivity contribution in [2.24, 2.45) is 0 Å². The normalized spacial score (nSPS) is 15.4. The monoisotopic (exact) mass is 377 g/mol. The van der Waals surface area contributed by atoms with Crippen molar-refractivity contribution < 1.29 is 9.59 Å². The van der Waals surface area contributed by atoms with E-state index in [9.17, 15) is 9.59 Å². The Hall–Kier alpha value is -1.69. The SMILES string of the molecule is C[C@H](c1ccc(I)cc1)N1C(=O)c2ccccc2C1=O. The topological polar surface area (TPSA) is 37.4 Å². The van der Waals surface area contributed by atoms with Gasteiger partial charge in [-0.1, -0.05) is 24.3 Å². The average Bonchev–Trinajstić information content (AvgIpc) is 2.72. The highest BCUT2D eigenvalue weighted by Crippen LogP contribution is 2.31. The number of hydrogen-bond donors (Lipinski definition) is 0. The van der Waals surface area contributed by atoms with Crippen molar-refractivity contribution >= 4 is 34.4 Å². The molecule has 1 aliphatic heterocycles. The summed E-state index contributed by atoms with van der Waals surface area (Å²) in [4.78, 5) is 26.1. The smallest absolute Gasteiger partial charge is 0.262 e. The Morgan fingerprint density at radius 2 is 1.40 bits per heavy atom. The van der Waals surface area contributed by atoms with E-state index < -0.39 is 0 Å². The number of fused-ring (bicyclic) bond motifs is 1. The summed E-state index contributed by atoms with van der Waals surface area (Å²) in [6.07, 6.45) is 0. The molecule has 0 spiro atoms. The van der Waals surface area contributed by atoms with Crippen LogP contribution < -0.4 is 0 Å². The molecular formula is C16H12INO2. The predicted molar refractivity (Wildman–Crippen MR) is 84.5 cm³/mol. The van der Waals surface area contributed by atoms with Gasteiger partial charge in [-0.3, -0.25) is 14.5 Å². The van der Waals surface area contributed by atoms with Gasteiger partial charge in [0.15, 0.2) is 0 Å². The summed E-state index contributed by atoms with van der Waals surface area (Å²) in [5, 5.41) is 0. The minimum Gasteiger partial charge on any atom is -0.269 e. The summed E-state index contributed by atoms with van der Waals surface area (Å²) in [6.45, 7) is 1.88. The average molecular weight is 377 g/mol. The predicted octanol–water partition coefficient (Wildman–Crippen LogP) is 3.65. The molecule has 2 aromatic carbocycles. The lowest BCUT2D eigenvalue weighted by atomic mass is 10.1. The summed E-state index contributed by atoms with van der Waals surface area (Å²) in [7, 11) is 0. The number of hydrogen-bond acceptors (Lipinski definition) is 2. The van der Waals surface area contributed by atoms with Gasteiger partial charge in [0, 0.05) is 3.57 Å². The van der Waals surface area contributed by atoms with E-state index in [0.29, 0.717) is 11.1 Å². The minimum atomic E-state index is -0.264. The van der Waals surface area contributed by atoms with Gasteiger partial charge in [-0.2, -0.15) is 0 Å². The van der Waals surface area contributed by atoms with Crippen LogP contribution in [0.4, 0.5) is 0 Å². The molecule has 100 valence electrons. The van der Waals surface area contributed by atoms with Gasteiger partial charge in [-0.05, 0) is 59.3 Å². The molecule has 4 heteroatoms. The van der Waals surface area contributed by atoms with Crippen LogP contribution in [-0.2, 0) is 0 Å². The molecule has 1 aliphatic rings. The number of rotatable bonds is 2. The van der Waals surface area contributed by atoms with Crippen LogP contribution in [0, 0.1) is 3.57 Å². The van der Waals surface area contributed by atoms with Crippen molar-refractivity contribution in [2.45, 2.75) is 13.0 Å². The Labute approximate surface area is 130 Å². The summed E-state index contributed by atoms with van der Waals surface area (Å²) in [6, 6.07) is 14.6. The lowest BCUT2D eigenvalue weighted by molar-refractivity contribution is 0.0595. The van der Waals surface area contributed by atoms with E-state index in [2.05, 4.69) is 22.6 Å². The lowest BCUT2D eigenvalue weighted by Crippen LogP contribution is -2.32. The first-order valence-corrected chi connectivity index (χ1v) is 7.40. The number of nitrogens with zero attached hydrogens (tertiary/aromatic N) is 1. The zero-order chi connectivity index (χ0) is 14.3. The van der Waals surface area contributed by atoms with Crippen LogP contribution in [0.5, 0.6) is 0 Å². The molecule has 20 heavy (non-hydrogen) atoms. The van der Waals surface area contributed by atoms with E-state index >= 15 is 0 Å². The van der Waals surface area contributed by atoms with Crippen LogP contribution in [0.2, 0.25) is 0 Å². The number of carbonyl (C=O) groups is 2.